The lowest BCUT2D eigenvalue weighted by Crippen LogP contribution is -2.43. The van der Waals surface area contributed by atoms with Crippen molar-refractivity contribution in [3.05, 3.63) is 42.0 Å². The summed E-state index contributed by atoms with van der Waals surface area (Å²) in [6.45, 7) is 2.87. The number of esters is 1. The Morgan fingerprint density at radius 3 is 2.55 bits per heavy atom. The number of hydrogen-bond acceptors (Lipinski definition) is 5. The molecule has 2 aromatic rings. The van der Waals surface area contributed by atoms with Gasteiger partial charge in [0.05, 0.1) is 18.1 Å². The van der Waals surface area contributed by atoms with E-state index in [0.717, 1.165) is 30.0 Å². The van der Waals surface area contributed by atoms with Crippen LogP contribution in [0.1, 0.15) is 43.0 Å². The van der Waals surface area contributed by atoms with Crippen molar-refractivity contribution in [3.8, 4) is 5.75 Å². The largest absolute Gasteiger partial charge is 0.483 e. The minimum absolute atomic E-state index is 0.138. The van der Waals surface area contributed by atoms with Crippen LogP contribution in [0, 0.1) is 5.92 Å². The van der Waals surface area contributed by atoms with Gasteiger partial charge in [-0.05, 0) is 55.5 Å². The molecule has 0 radical (unpaired) electrons. The molecule has 0 aromatic heterocycles. The molecule has 1 N–H and O–H groups in total. The number of ether oxygens (including phenoxy) is 2. The van der Waals surface area contributed by atoms with E-state index in [1.54, 1.807) is 24.0 Å². The van der Waals surface area contributed by atoms with E-state index in [4.69, 9.17) is 9.47 Å². The predicted molar refractivity (Wildman–Crippen MR) is 116 cm³/mol. The number of nitrogens with one attached hydrogen (secondary N) is 1. The van der Waals surface area contributed by atoms with Crippen molar-refractivity contribution < 1.29 is 23.9 Å². The molecule has 1 aliphatic heterocycles. The van der Waals surface area contributed by atoms with E-state index in [2.05, 4.69) is 5.32 Å². The molecule has 0 spiro atoms. The van der Waals surface area contributed by atoms with Gasteiger partial charge in [-0.15, -0.1) is 0 Å². The van der Waals surface area contributed by atoms with Crippen LogP contribution < -0.4 is 10.1 Å². The van der Waals surface area contributed by atoms with Crippen LogP contribution in [0.15, 0.2) is 36.4 Å². The minimum atomic E-state index is -0.313. The highest BCUT2D eigenvalue weighted by atomic mass is 16.5. The van der Waals surface area contributed by atoms with Crippen molar-refractivity contribution in [3.63, 3.8) is 0 Å². The number of benzene rings is 2. The lowest BCUT2D eigenvalue weighted by Gasteiger charge is -2.32. The Kier molecular flexibility index (Phi) is 6.39. The smallest absolute Gasteiger partial charge is 0.310 e. The third kappa shape index (κ3) is 5.16. The maximum atomic E-state index is 13.4. The second-order valence-electron chi connectivity index (χ2n) is 8.17. The van der Waals surface area contributed by atoms with E-state index in [-0.39, 0.29) is 36.4 Å². The van der Waals surface area contributed by atoms with Crippen LogP contribution in [0.3, 0.4) is 0 Å². The minimum Gasteiger partial charge on any atom is -0.483 e. The third-order valence-electron chi connectivity index (χ3n) is 5.71. The van der Waals surface area contributed by atoms with Crippen LogP contribution in [0.4, 0.5) is 0 Å². The molecule has 1 heterocycles. The van der Waals surface area contributed by atoms with Gasteiger partial charge in [0.1, 0.15) is 5.75 Å². The van der Waals surface area contributed by atoms with Crippen LogP contribution in [-0.4, -0.2) is 55.0 Å². The Morgan fingerprint density at radius 2 is 1.84 bits per heavy atom. The summed E-state index contributed by atoms with van der Waals surface area (Å²) in [7, 11) is 0. The topological polar surface area (TPSA) is 84.9 Å². The first kappa shape index (κ1) is 21.2. The Hall–Kier alpha value is -3.09. The molecule has 4 rings (SSSR count). The van der Waals surface area contributed by atoms with Crippen molar-refractivity contribution in [2.45, 2.75) is 38.6 Å². The summed E-state index contributed by atoms with van der Waals surface area (Å²) in [4.78, 5) is 39.4. The first-order valence-electron chi connectivity index (χ1n) is 11.0. The van der Waals surface area contributed by atoms with Gasteiger partial charge in [-0.1, -0.05) is 24.3 Å². The summed E-state index contributed by atoms with van der Waals surface area (Å²) >= 11 is 0. The van der Waals surface area contributed by atoms with Gasteiger partial charge in [0, 0.05) is 19.1 Å². The van der Waals surface area contributed by atoms with E-state index in [9.17, 15) is 14.4 Å². The number of carbonyl (C=O) groups is 3. The second kappa shape index (κ2) is 9.37. The van der Waals surface area contributed by atoms with Crippen molar-refractivity contribution in [2.75, 3.05) is 26.3 Å². The van der Waals surface area contributed by atoms with Gasteiger partial charge in [0.15, 0.2) is 6.61 Å². The zero-order chi connectivity index (χ0) is 21.8. The Balaban J connectivity index is 1.55. The third-order valence-corrected chi connectivity index (χ3v) is 5.71. The molecule has 1 saturated carbocycles. The highest BCUT2D eigenvalue weighted by Gasteiger charge is 2.31. The van der Waals surface area contributed by atoms with E-state index in [1.807, 2.05) is 24.3 Å². The number of hydrogen-bond donors (Lipinski definition) is 1. The van der Waals surface area contributed by atoms with Crippen LogP contribution in [0.25, 0.3) is 10.8 Å². The predicted octanol–water partition coefficient (Wildman–Crippen LogP) is 2.91. The number of fused-ring (bicyclic) bond motifs is 1. The lowest BCUT2D eigenvalue weighted by atomic mass is 9.97. The molecule has 0 bridgehead atoms. The van der Waals surface area contributed by atoms with E-state index < -0.39 is 0 Å². The van der Waals surface area contributed by atoms with Gasteiger partial charge in [-0.25, -0.2) is 0 Å². The number of amides is 2. The summed E-state index contributed by atoms with van der Waals surface area (Å²) in [6.07, 6.45) is 3.46. The number of carbonyl (C=O) groups excluding carboxylic acids is 3. The van der Waals surface area contributed by atoms with Gasteiger partial charge in [-0.2, -0.15) is 0 Å². The standard InChI is InChI=1S/C24H28N2O5/c1-2-30-24(29)18-8-5-11-26(14-18)23(28)20-12-16-6-3-4-7-17(16)13-21(20)31-15-22(27)25-19-9-10-19/h3-4,6-7,12-13,18-19H,2,5,8-11,14-15H2,1H3,(H,25,27). The highest BCUT2D eigenvalue weighted by Crippen LogP contribution is 2.29. The van der Waals surface area contributed by atoms with Gasteiger partial charge >= 0.3 is 5.97 Å². The van der Waals surface area contributed by atoms with Crippen molar-refractivity contribution in [2.24, 2.45) is 5.92 Å². The summed E-state index contributed by atoms with van der Waals surface area (Å²) < 4.78 is 11.0. The molecule has 7 nitrogen and oxygen atoms in total. The zero-order valence-electron chi connectivity index (χ0n) is 17.8. The van der Waals surface area contributed by atoms with Gasteiger partial charge in [0.2, 0.25) is 0 Å². The molecule has 1 unspecified atom stereocenters. The molecule has 164 valence electrons. The summed E-state index contributed by atoms with van der Waals surface area (Å²) in [6, 6.07) is 11.6. The lowest BCUT2D eigenvalue weighted by molar-refractivity contribution is -0.149. The molecular weight excluding hydrogens is 396 g/mol. The van der Waals surface area contributed by atoms with Gasteiger partial charge < -0.3 is 19.7 Å². The van der Waals surface area contributed by atoms with Crippen LogP contribution in [0.5, 0.6) is 5.75 Å². The maximum Gasteiger partial charge on any atom is 0.310 e. The van der Waals surface area contributed by atoms with E-state index in [0.29, 0.717) is 37.4 Å². The first-order valence-corrected chi connectivity index (χ1v) is 11.0. The molecule has 2 amide bonds. The number of piperidine rings is 1. The molecular formula is C24H28N2O5. The summed E-state index contributed by atoms with van der Waals surface area (Å²) in [5.41, 5.74) is 0.405. The Labute approximate surface area is 181 Å². The number of nitrogens with zero attached hydrogens (tertiary/aromatic N) is 1. The highest BCUT2D eigenvalue weighted by molar-refractivity contribution is 6.02. The van der Waals surface area contributed by atoms with Crippen LogP contribution >= 0.6 is 0 Å². The fourth-order valence-electron chi connectivity index (χ4n) is 3.93. The Bertz CT molecular complexity index is 985. The SMILES string of the molecule is CCOC(=O)C1CCCN(C(=O)c2cc3ccccc3cc2OCC(=O)NC2CC2)C1. The molecule has 2 aliphatic rings. The van der Waals surface area contributed by atoms with Crippen LogP contribution in [0.2, 0.25) is 0 Å². The molecule has 2 fully saturated rings. The summed E-state index contributed by atoms with van der Waals surface area (Å²) in [5, 5.41) is 4.74. The molecule has 1 atom stereocenters. The first-order chi connectivity index (χ1) is 15.0. The van der Waals surface area contributed by atoms with E-state index >= 15 is 0 Å². The molecule has 1 saturated heterocycles. The van der Waals surface area contributed by atoms with Gasteiger partial charge in [0.25, 0.3) is 11.8 Å². The van der Waals surface area contributed by atoms with Gasteiger partial charge in [-0.3, -0.25) is 14.4 Å². The van der Waals surface area contributed by atoms with Crippen LogP contribution in [-0.2, 0) is 14.3 Å². The molecule has 7 heteroatoms. The normalized spacial score (nSPS) is 18.5. The zero-order valence-corrected chi connectivity index (χ0v) is 17.8. The molecule has 1 aliphatic carbocycles. The molecule has 2 aromatic carbocycles. The average molecular weight is 424 g/mol. The maximum absolute atomic E-state index is 13.4. The summed E-state index contributed by atoms with van der Waals surface area (Å²) in [5.74, 6) is -0.571. The second-order valence-corrected chi connectivity index (χ2v) is 8.17. The quantitative estimate of drug-likeness (QED) is 0.691. The average Bonchev–Trinajstić information content (AvgIpc) is 3.60. The number of likely N-dealkylation sites (tertiary alicyclic amines) is 1. The van der Waals surface area contributed by atoms with E-state index in [1.165, 1.54) is 0 Å². The fourth-order valence-corrected chi connectivity index (χ4v) is 3.93. The van der Waals surface area contributed by atoms with Crippen molar-refractivity contribution >= 4 is 28.6 Å². The number of rotatable bonds is 7. The fraction of sp³-hybridized carbons (Fsp3) is 0.458. The van der Waals surface area contributed by atoms with Crippen molar-refractivity contribution in [1.29, 1.82) is 0 Å². The monoisotopic (exact) mass is 424 g/mol. The van der Waals surface area contributed by atoms with Crippen molar-refractivity contribution in [1.82, 2.24) is 10.2 Å². The Morgan fingerprint density at radius 1 is 1.10 bits per heavy atom. The molecule has 31 heavy (non-hydrogen) atoms.